The standard InChI is InChI=1S/C17H18FN3O2/c1-2-9-19-17(23)12-7-8-16(20-10-12)21-11-15(22)13-5-3-4-6-14(13)18/h2-8,10,15,22H,1,9,11H2,(H,19,23)(H,20,21). The SMILES string of the molecule is C=CCNC(=O)c1ccc(NCC(O)c2ccccc2F)nc1. The number of pyridine rings is 1. The number of aromatic nitrogens is 1. The number of nitrogens with zero attached hydrogens (tertiary/aromatic N) is 1. The van der Waals surface area contributed by atoms with Crippen LogP contribution in [-0.4, -0.2) is 29.1 Å². The molecule has 1 amide bonds. The van der Waals surface area contributed by atoms with Gasteiger partial charge in [-0.1, -0.05) is 24.3 Å². The summed E-state index contributed by atoms with van der Waals surface area (Å²) in [6.07, 6.45) is 2.02. The number of hydrogen-bond acceptors (Lipinski definition) is 4. The Morgan fingerprint density at radius 2 is 2.13 bits per heavy atom. The van der Waals surface area contributed by atoms with Crippen LogP contribution >= 0.6 is 0 Å². The summed E-state index contributed by atoms with van der Waals surface area (Å²) in [6, 6.07) is 9.29. The van der Waals surface area contributed by atoms with Crippen molar-refractivity contribution in [3.05, 3.63) is 72.2 Å². The minimum absolute atomic E-state index is 0.107. The molecule has 1 aromatic carbocycles. The van der Waals surface area contributed by atoms with Crippen molar-refractivity contribution in [2.75, 3.05) is 18.4 Å². The molecule has 1 aromatic heterocycles. The molecule has 0 saturated carbocycles. The van der Waals surface area contributed by atoms with E-state index in [4.69, 9.17) is 0 Å². The van der Waals surface area contributed by atoms with Gasteiger partial charge in [0.25, 0.3) is 5.91 Å². The maximum Gasteiger partial charge on any atom is 0.253 e. The average molecular weight is 315 g/mol. The Morgan fingerprint density at radius 1 is 1.35 bits per heavy atom. The highest BCUT2D eigenvalue weighted by atomic mass is 19.1. The molecule has 6 heteroatoms. The first-order chi connectivity index (χ1) is 11.1. The first-order valence-electron chi connectivity index (χ1n) is 7.13. The summed E-state index contributed by atoms with van der Waals surface area (Å²) in [4.78, 5) is 15.8. The van der Waals surface area contributed by atoms with Crippen molar-refractivity contribution in [1.82, 2.24) is 10.3 Å². The second kappa shape index (κ2) is 8.05. The van der Waals surface area contributed by atoms with Gasteiger partial charge in [-0.25, -0.2) is 9.37 Å². The Kier molecular flexibility index (Phi) is 5.82. The van der Waals surface area contributed by atoms with Crippen LogP contribution in [0.2, 0.25) is 0 Å². The first kappa shape index (κ1) is 16.6. The number of aliphatic hydroxyl groups is 1. The Balaban J connectivity index is 1.92. The average Bonchev–Trinajstić information content (AvgIpc) is 2.58. The van der Waals surface area contributed by atoms with E-state index in [2.05, 4.69) is 22.2 Å². The lowest BCUT2D eigenvalue weighted by Gasteiger charge is -2.13. The van der Waals surface area contributed by atoms with Crippen LogP contribution in [0.3, 0.4) is 0 Å². The van der Waals surface area contributed by atoms with Crippen molar-refractivity contribution in [2.24, 2.45) is 0 Å². The maximum atomic E-state index is 13.6. The molecule has 0 aliphatic rings. The molecule has 1 heterocycles. The fourth-order valence-electron chi connectivity index (χ4n) is 1.96. The normalized spacial score (nSPS) is 11.6. The number of carbonyl (C=O) groups excluding carboxylic acids is 1. The first-order valence-corrected chi connectivity index (χ1v) is 7.13. The largest absolute Gasteiger partial charge is 0.386 e. The van der Waals surface area contributed by atoms with E-state index >= 15 is 0 Å². The van der Waals surface area contributed by atoms with Gasteiger partial charge in [-0.15, -0.1) is 6.58 Å². The van der Waals surface area contributed by atoms with Crippen LogP contribution in [0.25, 0.3) is 0 Å². The number of hydrogen-bond donors (Lipinski definition) is 3. The fourth-order valence-corrected chi connectivity index (χ4v) is 1.96. The Bertz CT molecular complexity index is 674. The van der Waals surface area contributed by atoms with E-state index < -0.39 is 11.9 Å². The number of nitrogens with one attached hydrogen (secondary N) is 2. The van der Waals surface area contributed by atoms with Crippen molar-refractivity contribution >= 4 is 11.7 Å². The summed E-state index contributed by atoms with van der Waals surface area (Å²) < 4.78 is 13.6. The second-order valence-electron chi connectivity index (χ2n) is 4.85. The molecular weight excluding hydrogens is 297 g/mol. The van der Waals surface area contributed by atoms with Gasteiger partial charge in [0, 0.05) is 24.8 Å². The zero-order valence-corrected chi connectivity index (χ0v) is 12.5. The smallest absolute Gasteiger partial charge is 0.253 e. The molecule has 1 unspecified atom stereocenters. The fraction of sp³-hybridized carbons (Fsp3) is 0.176. The lowest BCUT2D eigenvalue weighted by Crippen LogP contribution is -2.23. The molecule has 0 radical (unpaired) electrons. The lowest BCUT2D eigenvalue weighted by atomic mass is 10.1. The summed E-state index contributed by atoms with van der Waals surface area (Å²) in [7, 11) is 0. The van der Waals surface area contributed by atoms with Crippen molar-refractivity contribution in [1.29, 1.82) is 0 Å². The maximum absolute atomic E-state index is 13.6. The molecule has 0 bridgehead atoms. The van der Waals surface area contributed by atoms with Crippen LogP contribution in [0.4, 0.5) is 10.2 Å². The summed E-state index contributed by atoms with van der Waals surface area (Å²) in [6.45, 7) is 4.01. The molecule has 5 nitrogen and oxygen atoms in total. The number of amides is 1. The highest BCUT2D eigenvalue weighted by Crippen LogP contribution is 2.17. The molecule has 3 N–H and O–H groups in total. The topological polar surface area (TPSA) is 74.2 Å². The van der Waals surface area contributed by atoms with Gasteiger partial charge >= 0.3 is 0 Å². The molecule has 2 rings (SSSR count). The zero-order chi connectivity index (χ0) is 16.7. The van der Waals surface area contributed by atoms with Crippen LogP contribution in [0.15, 0.2) is 55.3 Å². The van der Waals surface area contributed by atoms with Crippen LogP contribution < -0.4 is 10.6 Å². The van der Waals surface area contributed by atoms with E-state index in [0.717, 1.165) is 0 Å². The number of anilines is 1. The van der Waals surface area contributed by atoms with E-state index in [1.54, 1.807) is 30.3 Å². The minimum atomic E-state index is -0.992. The second-order valence-corrected chi connectivity index (χ2v) is 4.85. The number of carbonyl (C=O) groups is 1. The molecule has 120 valence electrons. The summed E-state index contributed by atoms with van der Waals surface area (Å²) >= 11 is 0. The molecule has 0 fully saturated rings. The number of benzene rings is 1. The third kappa shape index (κ3) is 4.62. The molecule has 0 aliphatic heterocycles. The molecule has 0 spiro atoms. The molecule has 0 saturated heterocycles. The van der Waals surface area contributed by atoms with E-state index in [1.165, 1.54) is 18.3 Å². The predicted octanol–water partition coefficient (Wildman–Crippen LogP) is 2.28. The van der Waals surface area contributed by atoms with Crippen LogP contribution in [0.5, 0.6) is 0 Å². The third-order valence-corrected chi connectivity index (χ3v) is 3.17. The predicted molar refractivity (Wildman–Crippen MR) is 86.6 cm³/mol. The van der Waals surface area contributed by atoms with Crippen LogP contribution in [0, 0.1) is 5.82 Å². The zero-order valence-electron chi connectivity index (χ0n) is 12.5. The lowest BCUT2D eigenvalue weighted by molar-refractivity contribution is 0.0957. The van der Waals surface area contributed by atoms with Crippen molar-refractivity contribution < 1.29 is 14.3 Å². The number of rotatable bonds is 7. The third-order valence-electron chi connectivity index (χ3n) is 3.17. The summed E-state index contributed by atoms with van der Waals surface area (Å²) in [5, 5.41) is 15.5. The summed E-state index contributed by atoms with van der Waals surface area (Å²) in [5.41, 5.74) is 0.646. The number of aliphatic hydroxyl groups excluding tert-OH is 1. The van der Waals surface area contributed by atoms with Gasteiger partial charge in [0.2, 0.25) is 0 Å². The molecule has 23 heavy (non-hydrogen) atoms. The molecule has 2 aromatic rings. The van der Waals surface area contributed by atoms with Gasteiger partial charge in [0.1, 0.15) is 11.6 Å². The Morgan fingerprint density at radius 3 is 2.78 bits per heavy atom. The van der Waals surface area contributed by atoms with Gasteiger partial charge < -0.3 is 15.7 Å². The van der Waals surface area contributed by atoms with Gasteiger partial charge in [-0.2, -0.15) is 0 Å². The monoisotopic (exact) mass is 315 g/mol. The van der Waals surface area contributed by atoms with Crippen molar-refractivity contribution in [2.45, 2.75) is 6.10 Å². The van der Waals surface area contributed by atoms with E-state index in [1.807, 2.05) is 0 Å². The highest BCUT2D eigenvalue weighted by Gasteiger charge is 2.12. The minimum Gasteiger partial charge on any atom is -0.386 e. The van der Waals surface area contributed by atoms with Gasteiger partial charge in [0.05, 0.1) is 11.7 Å². The van der Waals surface area contributed by atoms with Crippen molar-refractivity contribution in [3.8, 4) is 0 Å². The van der Waals surface area contributed by atoms with E-state index in [9.17, 15) is 14.3 Å². The van der Waals surface area contributed by atoms with E-state index in [-0.39, 0.29) is 18.0 Å². The number of halogens is 1. The highest BCUT2D eigenvalue weighted by molar-refractivity contribution is 5.94. The molecular formula is C17H18FN3O2. The van der Waals surface area contributed by atoms with Gasteiger partial charge in [-0.05, 0) is 18.2 Å². The van der Waals surface area contributed by atoms with Crippen LogP contribution in [0.1, 0.15) is 22.0 Å². The molecule has 1 atom stereocenters. The Hall–Kier alpha value is -2.73. The quantitative estimate of drug-likeness (QED) is 0.685. The Labute approximate surface area is 133 Å². The van der Waals surface area contributed by atoms with Crippen LogP contribution in [-0.2, 0) is 0 Å². The van der Waals surface area contributed by atoms with Gasteiger partial charge in [-0.3, -0.25) is 4.79 Å². The van der Waals surface area contributed by atoms with Gasteiger partial charge in [0.15, 0.2) is 0 Å². The van der Waals surface area contributed by atoms with Crippen molar-refractivity contribution in [3.63, 3.8) is 0 Å². The van der Waals surface area contributed by atoms with E-state index in [0.29, 0.717) is 17.9 Å². The molecule has 0 aliphatic carbocycles. The summed E-state index contributed by atoms with van der Waals surface area (Å²) in [5.74, 6) is -0.208.